The minimum atomic E-state index is -1.10. The first-order chi connectivity index (χ1) is 10.2. The molecule has 4 nitrogen and oxygen atoms in total. The Bertz CT molecular complexity index is 757. The maximum absolute atomic E-state index is 11.7. The summed E-state index contributed by atoms with van der Waals surface area (Å²) in [6.07, 6.45) is 0. The van der Waals surface area contributed by atoms with Gasteiger partial charge >= 0.3 is 11.9 Å². The van der Waals surface area contributed by atoms with E-state index in [4.69, 9.17) is 0 Å². The van der Waals surface area contributed by atoms with Crippen LogP contribution >= 0.6 is 0 Å². The number of benzene rings is 2. The van der Waals surface area contributed by atoms with Crippen molar-refractivity contribution >= 4 is 22.7 Å². The van der Waals surface area contributed by atoms with E-state index in [0.717, 1.165) is 5.56 Å². The summed E-state index contributed by atoms with van der Waals surface area (Å²) in [5.41, 5.74) is 1.69. The number of rotatable bonds is 4. The SMILES string of the molecule is CC(C)c1cc(C(=O)O)c2c(C(=O)O)c(C(C)C)ccc2c1. The predicted molar refractivity (Wildman–Crippen MR) is 86.0 cm³/mol. The average Bonchev–Trinajstić information content (AvgIpc) is 2.43. The van der Waals surface area contributed by atoms with Gasteiger partial charge in [0.05, 0.1) is 11.1 Å². The number of fused-ring (bicyclic) bond motifs is 1. The largest absolute Gasteiger partial charge is 0.478 e. The molecule has 0 aliphatic heterocycles. The van der Waals surface area contributed by atoms with Crippen LogP contribution in [0.25, 0.3) is 10.8 Å². The highest BCUT2D eigenvalue weighted by Crippen LogP contribution is 2.33. The van der Waals surface area contributed by atoms with Crippen molar-refractivity contribution in [2.45, 2.75) is 39.5 Å². The van der Waals surface area contributed by atoms with Crippen LogP contribution in [0, 0.1) is 0 Å². The van der Waals surface area contributed by atoms with Crippen molar-refractivity contribution in [2.75, 3.05) is 0 Å². The first-order valence-electron chi connectivity index (χ1n) is 7.31. The van der Waals surface area contributed by atoms with E-state index in [1.54, 1.807) is 12.1 Å². The predicted octanol–water partition coefficient (Wildman–Crippen LogP) is 4.48. The molecule has 2 N–H and O–H groups in total. The van der Waals surface area contributed by atoms with Crippen molar-refractivity contribution in [3.8, 4) is 0 Å². The molecule has 0 fully saturated rings. The zero-order valence-electron chi connectivity index (χ0n) is 13.2. The monoisotopic (exact) mass is 300 g/mol. The standard InChI is InChI=1S/C18H20O4/c1-9(2)12-7-11-5-6-13(10(3)4)16(18(21)22)15(11)14(8-12)17(19)20/h5-10H,1-4H3,(H,19,20)(H,21,22). The molecule has 2 aromatic carbocycles. The van der Waals surface area contributed by atoms with Gasteiger partial charge in [-0.05, 0) is 34.4 Å². The van der Waals surface area contributed by atoms with Crippen molar-refractivity contribution in [3.05, 3.63) is 46.5 Å². The molecule has 0 aliphatic rings. The van der Waals surface area contributed by atoms with Crippen LogP contribution in [0.3, 0.4) is 0 Å². The van der Waals surface area contributed by atoms with E-state index in [9.17, 15) is 19.8 Å². The second-order valence-corrected chi connectivity index (χ2v) is 6.12. The minimum absolute atomic E-state index is 0.00178. The Morgan fingerprint density at radius 3 is 2.00 bits per heavy atom. The fourth-order valence-electron chi connectivity index (χ4n) is 2.72. The Hall–Kier alpha value is -2.36. The first kappa shape index (κ1) is 16.0. The van der Waals surface area contributed by atoms with Gasteiger partial charge in [-0.15, -0.1) is 0 Å². The van der Waals surface area contributed by atoms with Crippen LogP contribution in [-0.2, 0) is 0 Å². The van der Waals surface area contributed by atoms with Crippen molar-refractivity contribution in [1.82, 2.24) is 0 Å². The number of aromatic carboxylic acids is 2. The van der Waals surface area contributed by atoms with Crippen molar-refractivity contribution in [2.24, 2.45) is 0 Å². The van der Waals surface area contributed by atoms with Gasteiger partial charge in [-0.3, -0.25) is 0 Å². The Balaban J connectivity index is 2.99. The molecule has 0 saturated heterocycles. The summed E-state index contributed by atoms with van der Waals surface area (Å²) in [5, 5.41) is 20.1. The van der Waals surface area contributed by atoms with E-state index in [1.807, 2.05) is 39.8 Å². The highest BCUT2D eigenvalue weighted by molar-refractivity contribution is 6.13. The smallest absolute Gasteiger partial charge is 0.336 e. The van der Waals surface area contributed by atoms with Gasteiger partial charge in [0.1, 0.15) is 0 Å². The quantitative estimate of drug-likeness (QED) is 0.872. The zero-order chi connectivity index (χ0) is 16.6. The normalized spacial score (nSPS) is 11.4. The molecule has 0 heterocycles. The van der Waals surface area contributed by atoms with Crippen LogP contribution < -0.4 is 0 Å². The molecule has 0 aromatic heterocycles. The van der Waals surface area contributed by atoms with Gasteiger partial charge < -0.3 is 10.2 Å². The molecule has 0 aliphatic carbocycles. The summed E-state index contributed by atoms with van der Waals surface area (Å²) in [6.45, 7) is 7.76. The lowest BCUT2D eigenvalue weighted by Crippen LogP contribution is -2.09. The van der Waals surface area contributed by atoms with Gasteiger partial charge in [0.15, 0.2) is 0 Å². The lowest BCUT2D eigenvalue weighted by molar-refractivity contribution is 0.0694. The number of hydrogen-bond donors (Lipinski definition) is 2. The van der Waals surface area contributed by atoms with Gasteiger partial charge in [-0.2, -0.15) is 0 Å². The molecule has 22 heavy (non-hydrogen) atoms. The highest BCUT2D eigenvalue weighted by atomic mass is 16.4. The van der Waals surface area contributed by atoms with Crippen LogP contribution in [0.1, 0.15) is 71.4 Å². The fraction of sp³-hybridized carbons (Fsp3) is 0.333. The third-order valence-electron chi connectivity index (χ3n) is 3.91. The molecule has 0 amide bonds. The van der Waals surface area contributed by atoms with Crippen LogP contribution in [0.2, 0.25) is 0 Å². The maximum atomic E-state index is 11.7. The van der Waals surface area contributed by atoms with Gasteiger partial charge in [0, 0.05) is 5.39 Å². The summed E-state index contributed by atoms with van der Waals surface area (Å²) < 4.78 is 0. The van der Waals surface area contributed by atoms with E-state index in [0.29, 0.717) is 16.3 Å². The minimum Gasteiger partial charge on any atom is -0.478 e. The van der Waals surface area contributed by atoms with Crippen LogP contribution in [0.5, 0.6) is 0 Å². The van der Waals surface area contributed by atoms with Crippen molar-refractivity contribution in [3.63, 3.8) is 0 Å². The molecule has 4 heteroatoms. The number of carboxylic acids is 2. The van der Waals surface area contributed by atoms with E-state index in [1.165, 1.54) is 0 Å². The fourth-order valence-corrected chi connectivity index (χ4v) is 2.72. The molecule has 2 rings (SSSR count). The van der Waals surface area contributed by atoms with E-state index >= 15 is 0 Å². The Kier molecular flexibility index (Phi) is 4.22. The molecule has 0 radical (unpaired) electrons. The van der Waals surface area contributed by atoms with Crippen LogP contribution in [0.15, 0.2) is 24.3 Å². The Labute approximate surface area is 129 Å². The summed E-state index contributed by atoms with van der Waals surface area (Å²) in [4.78, 5) is 23.4. The summed E-state index contributed by atoms with van der Waals surface area (Å²) in [6, 6.07) is 7.07. The summed E-state index contributed by atoms with van der Waals surface area (Å²) >= 11 is 0. The third-order valence-corrected chi connectivity index (χ3v) is 3.91. The number of carboxylic acid groups (broad SMARTS) is 2. The maximum Gasteiger partial charge on any atom is 0.336 e. The van der Waals surface area contributed by atoms with Gasteiger partial charge in [0.2, 0.25) is 0 Å². The summed E-state index contributed by atoms with van der Waals surface area (Å²) in [5.74, 6) is -2.02. The first-order valence-corrected chi connectivity index (χ1v) is 7.31. The summed E-state index contributed by atoms with van der Waals surface area (Å²) in [7, 11) is 0. The highest BCUT2D eigenvalue weighted by Gasteiger charge is 2.22. The molecule has 0 saturated carbocycles. The topological polar surface area (TPSA) is 74.6 Å². The second-order valence-electron chi connectivity index (χ2n) is 6.12. The van der Waals surface area contributed by atoms with Gasteiger partial charge in [-0.25, -0.2) is 9.59 Å². The van der Waals surface area contributed by atoms with Crippen molar-refractivity contribution < 1.29 is 19.8 Å². The number of hydrogen-bond acceptors (Lipinski definition) is 2. The lowest BCUT2D eigenvalue weighted by Gasteiger charge is -2.16. The van der Waals surface area contributed by atoms with Gasteiger partial charge in [0.25, 0.3) is 0 Å². The Morgan fingerprint density at radius 2 is 1.55 bits per heavy atom. The van der Waals surface area contributed by atoms with Crippen LogP contribution in [0.4, 0.5) is 0 Å². The second kappa shape index (κ2) is 5.79. The molecule has 0 spiro atoms. The molecule has 0 bridgehead atoms. The molecule has 0 unspecified atom stereocenters. The molecular weight excluding hydrogens is 280 g/mol. The van der Waals surface area contributed by atoms with Gasteiger partial charge in [-0.1, -0.05) is 45.9 Å². The average molecular weight is 300 g/mol. The Morgan fingerprint density at radius 1 is 0.909 bits per heavy atom. The number of carbonyl (C=O) groups is 2. The van der Waals surface area contributed by atoms with E-state index in [2.05, 4.69) is 0 Å². The lowest BCUT2D eigenvalue weighted by atomic mass is 9.87. The van der Waals surface area contributed by atoms with Crippen LogP contribution in [-0.4, -0.2) is 22.2 Å². The zero-order valence-corrected chi connectivity index (χ0v) is 13.2. The van der Waals surface area contributed by atoms with Crippen molar-refractivity contribution in [1.29, 1.82) is 0 Å². The molecule has 2 aromatic rings. The van der Waals surface area contributed by atoms with E-state index in [-0.39, 0.29) is 23.0 Å². The third kappa shape index (κ3) is 2.69. The molecular formula is C18H20O4. The molecule has 0 atom stereocenters. The van der Waals surface area contributed by atoms with E-state index < -0.39 is 11.9 Å². The molecule has 116 valence electrons.